The van der Waals surface area contributed by atoms with Crippen LogP contribution in [0.15, 0.2) is 60.9 Å². The lowest BCUT2D eigenvalue weighted by atomic mass is 10.2. The van der Waals surface area contributed by atoms with Gasteiger partial charge in [-0.15, -0.1) is 0 Å². The molecule has 0 aliphatic carbocycles. The first kappa shape index (κ1) is 12.5. The fourth-order valence-electron chi connectivity index (χ4n) is 2.76. The van der Waals surface area contributed by atoms with E-state index < -0.39 is 0 Å². The first-order chi connectivity index (χ1) is 10.7. The summed E-state index contributed by atoms with van der Waals surface area (Å²) in [5.74, 6) is 0.0919. The SMILES string of the molecule is O=C(n1cc(O)c2ccccc21)n1cc(O)c2ccccc21. The van der Waals surface area contributed by atoms with Gasteiger partial charge in [0.25, 0.3) is 0 Å². The summed E-state index contributed by atoms with van der Waals surface area (Å²) in [4.78, 5) is 12.8. The first-order valence-electron chi connectivity index (χ1n) is 6.79. The topological polar surface area (TPSA) is 67.4 Å². The van der Waals surface area contributed by atoms with Crippen LogP contribution >= 0.6 is 0 Å². The van der Waals surface area contributed by atoms with Gasteiger partial charge in [0.15, 0.2) is 0 Å². The molecule has 2 heterocycles. The number of fused-ring (bicyclic) bond motifs is 2. The van der Waals surface area contributed by atoms with Gasteiger partial charge >= 0.3 is 6.03 Å². The Morgan fingerprint density at radius 1 is 0.727 bits per heavy atom. The molecule has 2 N–H and O–H groups in total. The van der Waals surface area contributed by atoms with Gasteiger partial charge in [0.1, 0.15) is 11.5 Å². The van der Waals surface area contributed by atoms with E-state index in [1.165, 1.54) is 21.5 Å². The molecule has 4 rings (SSSR count). The number of para-hydroxylation sites is 2. The second kappa shape index (κ2) is 4.39. The summed E-state index contributed by atoms with van der Waals surface area (Å²) in [6, 6.07) is 13.9. The first-order valence-corrected chi connectivity index (χ1v) is 6.79. The molecule has 0 aliphatic heterocycles. The molecule has 0 fully saturated rings. The highest BCUT2D eigenvalue weighted by molar-refractivity contribution is 6.01. The second-order valence-electron chi connectivity index (χ2n) is 5.09. The average Bonchev–Trinajstić information content (AvgIpc) is 3.06. The van der Waals surface area contributed by atoms with Gasteiger partial charge in [-0.1, -0.05) is 24.3 Å². The summed E-state index contributed by atoms with van der Waals surface area (Å²) < 4.78 is 2.74. The zero-order valence-corrected chi connectivity index (χ0v) is 11.5. The van der Waals surface area contributed by atoms with Crippen molar-refractivity contribution in [2.45, 2.75) is 0 Å². The Bertz CT molecular complexity index is 945. The maximum absolute atomic E-state index is 12.8. The van der Waals surface area contributed by atoms with Crippen LogP contribution in [-0.2, 0) is 0 Å². The van der Waals surface area contributed by atoms with Crippen molar-refractivity contribution in [3.8, 4) is 11.5 Å². The number of carbonyl (C=O) groups excluding carboxylic acids is 1. The van der Waals surface area contributed by atoms with Crippen molar-refractivity contribution in [2.24, 2.45) is 0 Å². The number of hydrogen-bond acceptors (Lipinski definition) is 3. The lowest BCUT2D eigenvalue weighted by Gasteiger charge is -2.05. The van der Waals surface area contributed by atoms with E-state index in [-0.39, 0.29) is 17.5 Å². The molecule has 0 saturated carbocycles. The van der Waals surface area contributed by atoms with Crippen LogP contribution in [0.1, 0.15) is 0 Å². The zero-order chi connectivity index (χ0) is 15.3. The number of aromatic nitrogens is 2. The van der Waals surface area contributed by atoms with E-state index >= 15 is 0 Å². The van der Waals surface area contributed by atoms with E-state index in [0.29, 0.717) is 21.8 Å². The molecule has 2 aromatic heterocycles. The van der Waals surface area contributed by atoms with Crippen molar-refractivity contribution < 1.29 is 15.0 Å². The summed E-state index contributed by atoms with van der Waals surface area (Å²) in [6.07, 6.45) is 2.78. The highest BCUT2D eigenvalue weighted by Crippen LogP contribution is 2.30. The molecule has 0 spiro atoms. The lowest BCUT2D eigenvalue weighted by Crippen LogP contribution is -2.17. The lowest BCUT2D eigenvalue weighted by molar-refractivity contribution is 0.245. The maximum Gasteiger partial charge on any atom is 0.337 e. The van der Waals surface area contributed by atoms with Gasteiger partial charge in [-0.3, -0.25) is 9.13 Å². The van der Waals surface area contributed by atoms with Crippen molar-refractivity contribution in [1.29, 1.82) is 0 Å². The van der Waals surface area contributed by atoms with Gasteiger partial charge in [-0.2, -0.15) is 0 Å². The van der Waals surface area contributed by atoms with E-state index in [4.69, 9.17) is 0 Å². The summed E-state index contributed by atoms with van der Waals surface area (Å²) in [5.41, 5.74) is 1.23. The van der Waals surface area contributed by atoms with Crippen LogP contribution in [0.5, 0.6) is 11.5 Å². The number of hydrogen-bond donors (Lipinski definition) is 2. The van der Waals surface area contributed by atoms with Gasteiger partial charge in [-0.25, -0.2) is 4.79 Å². The number of rotatable bonds is 0. The van der Waals surface area contributed by atoms with E-state index in [1.807, 2.05) is 0 Å². The molecule has 0 saturated heterocycles. The van der Waals surface area contributed by atoms with Crippen LogP contribution in [0.2, 0.25) is 0 Å². The Morgan fingerprint density at radius 3 is 1.59 bits per heavy atom. The molecule has 0 amide bonds. The molecule has 0 aliphatic rings. The molecule has 4 aromatic rings. The fourth-order valence-corrected chi connectivity index (χ4v) is 2.76. The van der Waals surface area contributed by atoms with Crippen LogP contribution in [0.4, 0.5) is 4.79 Å². The van der Waals surface area contributed by atoms with Crippen LogP contribution < -0.4 is 0 Å². The second-order valence-corrected chi connectivity index (χ2v) is 5.09. The van der Waals surface area contributed by atoms with E-state index in [1.54, 1.807) is 48.5 Å². The molecule has 22 heavy (non-hydrogen) atoms. The molecule has 0 atom stereocenters. The van der Waals surface area contributed by atoms with Gasteiger partial charge in [0.05, 0.1) is 23.4 Å². The van der Waals surface area contributed by atoms with Gasteiger partial charge in [0, 0.05) is 10.8 Å². The Hall–Kier alpha value is -3.21. The average molecular weight is 292 g/mol. The smallest absolute Gasteiger partial charge is 0.337 e. The van der Waals surface area contributed by atoms with E-state index in [0.717, 1.165) is 0 Å². The number of carbonyl (C=O) groups is 1. The highest BCUT2D eigenvalue weighted by atomic mass is 16.3. The summed E-state index contributed by atoms with van der Waals surface area (Å²) in [7, 11) is 0. The Labute approximate surface area is 125 Å². The molecule has 0 bridgehead atoms. The van der Waals surface area contributed by atoms with Gasteiger partial charge < -0.3 is 10.2 Å². The van der Waals surface area contributed by atoms with Crippen molar-refractivity contribution in [1.82, 2.24) is 9.13 Å². The number of aromatic hydroxyl groups is 2. The molecular weight excluding hydrogens is 280 g/mol. The van der Waals surface area contributed by atoms with Crippen LogP contribution in [0.25, 0.3) is 21.8 Å². The standard InChI is InChI=1S/C17H12N2O3/c20-15-9-18(13-7-3-1-5-11(13)15)17(22)19-10-16(21)12-6-2-4-8-14(12)19/h1-10,20-21H. The summed E-state index contributed by atoms with van der Waals surface area (Å²) in [5, 5.41) is 21.2. The maximum atomic E-state index is 12.8. The van der Waals surface area contributed by atoms with Crippen molar-refractivity contribution in [3.63, 3.8) is 0 Å². The largest absolute Gasteiger partial charge is 0.506 e. The quantitative estimate of drug-likeness (QED) is 0.521. The molecular formula is C17H12N2O3. The molecule has 0 unspecified atom stereocenters. The van der Waals surface area contributed by atoms with Crippen molar-refractivity contribution in [3.05, 3.63) is 60.9 Å². The van der Waals surface area contributed by atoms with Crippen LogP contribution in [0.3, 0.4) is 0 Å². The highest BCUT2D eigenvalue weighted by Gasteiger charge is 2.17. The minimum atomic E-state index is -0.368. The molecule has 108 valence electrons. The molecule has 5 heteroatoms. The van der Waals surface area contributed by atoms with Gasteiger partial charge in [-0.05, 0) is 24.3 Å². The Morgan fingerprint density at radius 2 is 1.14 bits per heavy atom. The third-order valence-corrected chi connectivity index (χ3v) is 3.79. The Kier molecular flexibility index (Phi) is 2.50. The monoisotopic (exact) mass is 292 g/mol. The van der Waals surface area contributed by atoms with Crippen molar-refractivity contribution >= 4 is 27.8 Å². The number of nitrogens with zero attached hydrogens (tertiary/aromatic N) is 2. The van der Waals surface area contributed by atoms with Crippen molar-refractivity contribution in [2.75, 3.05) is 0 Å². The van der Waals surface area contributed by atoms with E-state index in [2.05, 4.69) is 0 Å². The Balaban J connectivity index is 1.97. The molecule has 5 nitrogen and oxygen atoms in total. The zero-order valence-electron chi connectivity index (χ0n) is 11.5. The predicted molar refractivity (Wildman–Crippen MR) is 83.4 cm³/mol. The molecule has 2 aromatic carbocycles. The fraction of sp³-hybridized carbons (Fsp3) is 0. The minimum Gasteiger partial charge on any atom is -0.506 e. The normalized spacial score (nSPS) is 11.3. The van der Waals surface area contributed by atoms with Crippen LogP contribution in [-0.4, -0.2) is 25.4 Å². The summed E-state index contributed by atoms with van der Waals surface area (Å²) >= 11 is 0. The molecule has 0 radical (unpaired) electrons. The number of benzene rings is 2. The van der Waals surface area contributed by atoms with E-state index in [9.17, 15) is 15.0 Å². The van der Waals surface area contributed by atoms with Crippen LogP contribution in [0, 0.1) is 0 Å². The third kappa shape index (κ3) is 1.62. The third-order valence-electron chi connectivity index (χ3n) is 3.79. The summed E-state index contributed by atoms with van der Waals surface area (Å²) in [6.45, 7) is 0. The minimum absolute atomic E-state index is 0.0460. The predicted octanol–water partition coefficient (Wildman–Crippen LogP) is 3.52. The van der Waals surface area contributed by atoms with Gasteiger partial charge in [0.2, 0.25) is 0 Å².